The van der Waals surface area contributed by atoms with Crippen LogP contribution in [0.25, 0.3) is 0 Å². The first kappa shape index (κ1) is 14.5. The van der Waals surface area contributed by atoms with Gasteiger partial charge in [-0.1, -0.05) is 12.1 Å². The van der Waals surface area contributed by atoms with Crippen LogP contribution in [0, 0.1) is 12.7 Å². The Kier molecular flexibility index (Phi) is 4.40. The third-order valence-electron chi connectivity index (χ3n) is 3.40. The number of halogens is 1. The Labute approximate surface area is 120 Å². The largest absolute Gasteiger partial charge is 0.341 e. The van der Waals surface area contributed by atoms with Gasteiger partial charge in [-0.25, -0.2) is 4.39 Å². The highest BCUT2D eigenvalue weighted by atomic mass is 19.1. The molecule has 0 aliphatic heterocycles. The summed E-state index contributed by atoms with van der Waals surface area (Å²) in [5, 5.41) is 0. The molecule has 106 valence electrons. The lowest BCUT2D eigenvalue weighted by Crippen LogP contribution is -2.20. The van der Waals surface area contributed by atoms with Crippen LogP contribution in [0.5, 0.6) is 0 Å². The zero-order valence-electron chi connectivity index (χ0n) is 12.2. The van der Waals surface area contributed by atoms with E-state index < -0.39 is 0 Å². The fraction of sp³-hybridized carbons (Fsp3) is 0.294. The maximum absolute atomic E-state index is 13.5. The molecular weight excluding hydrogens is 251 g/mol. The SMILES string of the molecule is CCN(c1cccc(C)c1)c1ccc(F)cc1[C@H](C)N. The van der Waals surface area contributed by atoms with Crippen molar-refractivity contribution in [3.8, 4) is 0 Å². The Morgan fingerprint density at radius 1 is 1.20 bits per heavy atom. The molecule has 0 amide bonds. The van der Waals surface area contributed by atoms with Crippen molar-refractivity contribution in [3.63, 3.8) is 0 Å². The Balaban J connectivity index is 2.52. The fourth-order valence-corrected chi connectivity index (χ4v) is 2.42. The summed E-state index contributed by atoms with van der Waals surface area (Å²) in [6, 6.07) is 12.9. The topological polar surface area (TPSA) is 29.3 Å². The van der Waals surface area contributed by atoms with E-state index in [-0.39, 0.29) is 11.9 Å². The molecule has 2 aromatic carbocycles. The van der Waals surface area contributed by atoms with Gasteiger partial charge in [0.25, 0.3) is 0 Å². The number of hydrogen-bond acceptors (Lipinski definition) is 2. The molecule has 0 spiro atoms. The molecule has 0 aromatic heterocycles. The average molecular weight is 272 g/mol. The Hall–Kier alpha value is -1.87. The van der Waals surface area contributed by atoms with Crippen LogP contribution in [-0.2, 0) is 0 Å². The van der Waals surface area contributed by atoms with Gasteiger partial charge in [0.1, 0.15) is 5.82 Å². The quantitative estimate of drug-likeness (QED) is 0.898. The first-order valence-electron chi connectivity index (χ1n) is 6.92. The van der Waals surface area contributed by atoms with Gasteiger partial charge in [-0.2, -0.15) is 0 Å². The van der Waals surface area contributed by atoms with Gasteiger partial charge in [-0.15, -0.1) is 0 Å². The number of aryl methyl sites for hydroxylation is 1. The van der Waals surface area contributed by atoms with E-state index in [0.717, 1.165) is 23.5 Å². The van der Waals surface area contributed by atoms with Crippen LogP contribution in [0.15, 0.2) is 42.5 Å². The molecule has 0 fully saturated rings. The van der Waals surface area contributed by atoms with Crippen molar-refractivity contribution in [3.05, 3.63) is 59.4 Å². The average Bonchev–Trinajstić information content (AvgIpc) is 2.41. The van der Waals surface area contributed by atoms with Crippen molar-refractivity contribution < 1.29 is 4.39 Å². The highest BCUT2D eigenvalue weighted by Gasteiger charge is 2.15. The van der Waals surface area contributed by atoms with Crippen LogP contribution in [0.3, 0.4) is 0 Å². The molecule has 0 aliphatic carbocycles. The van der Waals surface area contributed by atoms with E-state index in [1.807, 2.05) is 13.0 Å². The fourth-order valence-electron chi connectivity index (χ4n) is 2.42. The first-order chi connectivity index (χ1) is 9.52. The van der Waals surface area contributed by atoms with Crippen molar-refractivity contribution in [1.29, 1.82) is 0 Å². The Bertz CT molecular complexity index is 593. The van der Waals surface area contributed by atoms with Crippen LogP contribution < -0.4 is 10.6 Å². The van der Waals surface area contributed by atoms with Gasteiger partial charge in [0, 0.05) is 24.0 Å². The molecule has 20 heavy (non-hydrogen) atoms. The Morgan fingerprint density at radius 2 is 1.95 bits per heavy atom. The van der Waals surface area contributed by atoms with Gasteiger partial charge >= 0.3 is 0 Å². The van der Waals surface area contributed by atoms with E-state index >= 15 is 0 Å². The molecule has 0 bridgehead atoms. The van der Waals surface area contributed by atoms with E-state index in [0.29, 0.717) is 0 Å². The molecular formula is C17H21FN2. The summed E-state index contributed by atoms with van der Waals surface area (Å²) < 4.78 is 13.5. The standard InChI is InChI=1S/C17H21FN2/c1-4-20(15-7-5-6-12(2)10-15)17-9-8-14(18)11-16(17)13(3)19/h5-11,13H,4,19H2,1-3H3/t13-/m0/s1. The third kappa shape index (κ3) is 2.99. The first-order valence-corrected chi connectivity index (χ1v) is 6.92. The van der Waals surface area contributed by atoms with Crippen LogP contribution >= 0.6 is 0 Å². The molecule has 2 nitrogen and oxygen atoms in total. The zero-order valence-corrected chi connectivity index (χ0v) is 12.2. The van der Waals surface area contributed by atoms with Gasteiger partial charge in [-0.05, 0) is 62.2 Å². The second kappa shape index (κ2) is 6.06. The van der Waals surface area contributed by atoms with Gasteiger partial charge in [0.05, 0.1) is 0 Å². The van der Waals surface area contributed by atoms with Crippen molar-refractivity contribution in [2.45, 2.75) is 26.8 Å². The number of rotatable bonds is 4. The molecule has 0 unspecified atom stereocenters. The predicted octanol–water partition coefficient (Wildman–Crippen LogP) is 4.31. The second-order valence-corrected chi connectivity index (χ2v) is 5.08. The predicted molar refractivity (Wildman–Crippen MR) is 82.9 cm³/mol. The van der Waals surface area contributed by atoms with Crippen molar-refractivity contribution in [2.24, 2.45) is 5.73 Å². The highest BCUT2D eigenvalue weighted by molar-refractivity contribution is 5.67. The molecule has 0 saturated heterocycles. The molecule has 0 saturated carbocycles. The molecule has 0 radical (unpaired) electrons. The van der Waals surface area contributed by atoms with Crippen molar-refractivity contribution >= 4 is 11.4 Å². The Morgan fingerprint density at radius 3 is 2.55 bits per heavy atom. The molecule has 0 aliphatic rings. The van der Waals surface area contributed by atoms with Crippen LogP contribution in [0.2, 0.25) is 0 Å². The minimum Gasteiger partial charge on any atom is -0.341 e. The highest BCUT2D eigenvalue weighted by Crippen LogP contribution is 2.32. The lowest BCUT2D eigenvalue weighted by atomic mass is 10.0. The van der Waals surface area contributed by atoms with Gasteiger partial charge in [-0.3, -0.25) is 0 Å². The summed E-state index contributed by atoms with van der Waals surface area (Å²) in [6.45, 7) is 6.82. The minimum absolute atomic E-state index is 0.209. The summed E-state index contributed by atoms with van der Waals surface area (Å²) in [6.07, 6.45) is 0. The minimum atomic E-state index is -0.249. The van der Waals surface area contributed by atoms with Crippen molar-refractivity contribution in [1.82, 2.24) is 0 Å². The monoisotopic (exact) mass is 272 g/mol. The number of anilines is 2. The summed E-state index contributed by atoms with van der Waals surface area (Å²) in [5.74, 6) is -0.249. The van der Waals surface area contributed by atoms with E-state index in [1.165, 1.54) is 17.7 Å². The number of nitrogens with two attached hydrogens (primary N) is 1. The maximum Gasteiger partial charge on any atom is 0.123 e. The maximum atomic E-state index is 13.5. The summed E-state index contributed by atoms with van der Waals surface area (Å²) in [4.78, 5) is 2.16. The number of benzene rings is 2. The van der Waals surface area contributed by atoms with Crippen molar-refractivity contribution in [2.75, 3.05) is 11.4 Å². The van der Waals surface area contributed by atoms with Crippen LogP contribution in [0.4, 0.5) is 15.8 Å². The summed E-state index contributed by atoms with van der Waals surface area (Å²) in [5.41, 5.74) is 10.1. The van der Waals surface area contributed by atoms with E-state index in [9.17, 15) is 4.39 Å². The molecule has 2 aromatic rings. The summed E-state index contributed by atoms with van der Waals surface area (Å²) in [7, 11) is 0. The molecule has 2 rings (SSSR count). The van der Waals surface area contributed by atoms with E-state index in [2.05, 4.69) is 36.9 Å². The second-order valence-electron chi connectivity index (χ2n) is 5.08. The van der Waals surface area contributed by atoms with Crippen LogP contribution in [0.1, 0.15) is 31.0 Å². The third-order valence-corrected chi connectivity index (χ3v) is 3.40. The number of nitrogens with zero attached hydrogens (tertiary/aromatic N) is 1. The molecule has 2 N–H and O–H groups in total. The smallest absolute Gasteiger partial charge is 0.123 e. The molecule has 3 heteroatoms. The van der Waals surface area contributed by atoms with Gasteiger partial charge in [0.2, 0.25) is 0 Å². The molecule has 0 heterocycles. The normalized spacial score (nSPS) is 12.2. The summed E-state index contributed by atoms with van der Waals surface area (Å²) >= 11 is 0. The lowest BCUT2D eigenvalue weighted by molar-refractivity contribution is 0.622. The molecule has 1 atom stereocenters. The number of hydrogen-bond donors (Lipinski definition) is 1. The van der Waals surface area contributed by atoms with E-state index in [4.69, 9.17) is 5.73 Å². The van der Waals surface area contributed by atoms with Gasteiger partial charge < -0.3 is 10.6 Å². The zero-order chi connectivity index (χ0) is 14.7. The van der Waals surface area contributed by atoms with Crippen LogP contribution in [-0.4, -0.2) is 6.54 Å². The lowest BCUT2D eigenvalue weighted by Gasteiger charge is -2.27. The van der Waals surface area contributed by atoms with Gasteiger partial charge in [0.15, 0.2) is 0 Å². The van der Waals surface area contributed by atoms with E-state index in [1.54, 1.807) is 6.07 Å².